The van der Waals surface area contributed by atoms with Gasteiger partial charge in [0.05, 0.1) is 4.90 Å². The van der Waals surface area contributed by atoms with Crippen molar-refractivity contribution in [1.29, 1.82) is 0 Å². The molecule has 0 aliphatic heterocycles. The largest absolute Gasteiger partial charge is 0.444 e. The van der Waals surface area contributed by atoms with Crippen LogP contribution in [0.5, 0.6) is 0 Å². The Morgan fingerprint density at radius 1 is 1.10 bits per heavy atom. The Labute approximate surface area is 174 Å². The van der Waals surface area contributed by atoms with Crippen LogP contribution >= 0.6 is 0 Å². The van der Waals surface area contributed by atoms with Crippen LogP contribution in [0.2, 0.25) is 0 Å². The van der Waals surface area contributed by atoms with E-state index in [1.807, 2.05) is 6.92 Å². The maximum Gasteiger partial charge on any atom is 0.407 e. The minimum Gasteiger partial charge on any atom is -0.444 e. The van der Waals surface area contributed by atoms with Gasteiger partial charge in [-0.3, -0.25) is 4.79 Å². The average molecular weight is 428 g/mol. The summed E-state index contributed by atoms with van der Waals surface area (Å²) in [6.07, 6.45) is -0.560. The van der Waals surface area contributed by atoms with Crippen LogP contribution in [0.25, 0.3) is 0 Å². The predicted molar refractivity (Wildman–Crippen MR) is 114 cm³/mol. The van der Waals surface area contributed by atoms with Gasteiger partial charge in [-0.05, 0) is 57.9 Å². The number of nitrogens with zero attached hydrogens (tertiary/aromatic N) is 1. The number of aryl methyl sites for hydroxylation is 1. The number of nitrogens with one attached hydrogen (secondary N) is 2. The summed E-state index contributed by atoms with van der Waals surface area (Å²) in [6.45, 7) is 13.3. The Morgan fingerprint density at radius 2 is 1.69 bits per heavy atom. The van der Waals surface area contributed by atoms with Crippen molar-refractivity contribution in [3.63, 3.8) is 0 Å². The van der Waals surface area contributed by atoms with Crippen LogP contribution in [-0.4, -0.2) is 50.0 Å². The fourth-order valence-corrected chi connectivity index (χ4v) is 4.19. The fourth-order valence-electron chi connectivity index (χ4n) is 2.62. The number of carbonyl (C=O) groups is 2. The molecule has 2 amide bonds. The summed E-state index contributed by atoms with van der Waals surface area (Å²) in [6, 6.07) is 3.10. The Morgan fingerprint density at radius 3 is 2.21 bits per heavy atom. The maximum absolute atomic E-state index is 12.8. The SMILES string of the molecule is CCN(CC)S(=O)(=O)c1cc(C)c(C)c(NC(=O)CCNC(=O)OC(C)(C)C)c1. The summed E-state index contributed by atoms with van der Waals surface area (Å²) in [4.78, 5) is 24.1. The van der Waals surface area contributed by atoms with E-state index in [0.29, 0.717) is 18.8 Å². The Bertz CT molecular complexity index is 840. The lowest BCUT2D eigenvalue weighted by molar-refractivity contribution is -0.116. The monoisotopic (exact) mass is 427 g/mol. The average Bonchev–Trinajstić information content (AvgIpc) is 2.57. The smallest absolute Gasteiger partial charge is 0.407 e. The number of carbonyl (C=O) groups excluding carboxylic acids is 2. The number of rotatable bonds is 8. The van der Waals surface area contributed by atoms with Gasteiger partial charge < -0.3 is 15.4 Å². The highest BCUT2D eigenvalue weighted by Gasteiger charge is 2.23. The minimum absolute atomic E-state index is 0.0325. The molecule has 0 heterocycles. The second kappa shape index (κ2) is 10.1. The van der Waals surface area contributed by atoms with E-state index in [2.05, 4.69) is 10.6 Å². The van der Waals surface area contributed by atoms with Gasteiger partial charge in [-0.25, -0.2) is 13.2 Å². The highest BCUT2D eigenvalue weighted by molar-refractivity contribution is 7.89. The zero-order chi connectivity index (χ0) is 22.4. The summed E-state index contributed by atoms with van der Waals surface area (Å²) >= 11 is 0. The molecule has 0 saturated heterocycles. The Kier molecular flexibility index (Phi) is 8.65. The number of hydrogen-bond acceptors (Lipinski definition) is 5. The van der Waals surface area contributed by atoms with Gasteiger partial charge in [-0.1, -0.05) is 13.8 Å². The molecule has 1 aromatic rings. The van der Waals surface area contributed by atoms with Gasteiger partial charge in [-0.2, -0.15) is 4.31 Å². The molecule has 0 fully saturated rings. The van der Waals surface area contributed by atoms with Crippen molar-refractivity contribution in [3.05, 3.63) is 23.3 Å². The number of hydrogen-bond donors (Lipinski definition) is 2. The number of amides is 2. The van der Waals surface area contributed by atoms with E-state index in [-0.39, 0.29) is 23.8 Å². The molecule has 0 bridgehead atoms. The van der Waals surface area contributed by atoms with Crippen molar-refractivity contribution in [2.45, 2.75) is 65.4 Å². The fraction of sp³-hybridized carbons (Fsp3) is 0.600. The Balaban J connectivity index is 2.88. The normalized spacial score (nSPS) is 12.0. The molecule has 8 nitrogen and oxygen atoms in total. The van der Waals surface area contributed by atoms with Crippen LogP contribution in [0.3, 0.4) is 0 Å². The summed E-state index contributed by atoms with van der Waals surface area (Å²) in [7, 11) is -3.64. The van der Waals surface area contributed by atoms with Crippen LogP contribution in [0.4, 0.5) is 10.5 Å². The zero-order valence-electron chi connectivity index (χ0n) is 18.4. The van der Waals surface area contributed by atoms with Crippen LogP contribution in [-0.2, 0) is 19.6 Å². The molecule has 2 N–H and O–H groups in total. The van der Waals surface area contributed by atoms with E-state index in [9.17, 15) is 18.0 Å². The third-order valence-electron chi connectivity index (χ3n) is 4.28. The van der Waals surface area contributed by atoms with Crippen molar-refractivity contribution >= 4 is 27.7 Å². The molecule has 164 valence electrons. The van der Waals surface area contributed by atoms with E-state index in [4.69, 9.17) is 4.74 Å². The molecular weight excluding hydrogens is 394 g/mol. The summed E-state index contributed by atoms with van der Waals surface area (Å²) in [5.41, 5.74) is 1.38. The second-order valence-corrected chi connectivity index (χ2v) is 9.67. The standard InChI is InChI=1S/C20H33N3O5S/c1-8-23(9-2)29(26,27)16-12-14(3)15(4)17(13-16)22-18(24)10-11-21-19(25)28-20(5,6)7/h12-13H,8-11H2,1-7H3,(H,21,25)(H,22,24). The molecule has 0 aliphatic rings. The third-order valence-corrected chi connectivity index (χ3v) is 6.31. The number of benzene rings is 1. The lowest BCUT2D eigenvalue weighted by Gasteiger charge is -2.21. The molecule has 1 aromatic carbocycles. The molecule has 0 unspecified atom stereocenters. The lowest BCUT2D eigenvalue weighted by Crippen LogP contribution is -2.34. The number of ether oxygens (including phenoxy) is 1. The molecule has 0 aromatic heterocycles. The van der Waals surface area contributed by atoms with E-state index in [1.165, 1.54) is 10.4 Å². The van der Waals surface area contributed by atoms with Crippen molar-refractivity contribution in [2.75, 3.05) is 25.0 Å². The van der Waals surface area contributed by atoms with Crippen LogP contribution in [0.15, 0.2) is 17.0 Å². The van der Waals surface area contributed by atoms with E-state index in [1.54, 1.807) is 47.6 Å². The van der Waals surface area contributed by atoms with Gasteiger partial charge in [0.25, 0.3) is 0 Å². The number of sulfonamides is 1. The number of anilines is 1. The molecule has 0 aliphatic carbocycles. The predicted octanol–water partition coefficient (Wildman–Crippen LogP) is 3.19. The summed E-state index contributed by atoms with van der Waals surface area (Å²) < 4.78 is 32.1. The molecule has 0 spiro atoms. The topological polar surface area (TPSA) is 105 Å². The molecule has 0 atom stereocenters. The first kappa shape index (κ1) is 24.9. The quantitative estimate of drug-likeness (QED) is 0.663. The van der Waals surface area contributed by atoms with Gasteiger partial charge >= 0.3 is 6.09 Å². The van der Waals surface area contributed by atoms with E-state index in [0.717, 1.165) is 11.1 Å². The molecule has 0 radical (unpaired) electrons. The van der Waals surface area contributed by atoms with Gasteiger partial charge in [-0.15, -0.1) is 0 Å². The number of alkyl carbamates (subject to hydrolysis) is 1. The molecular formula is C20H33N3O5S. The first-order valence-electron chi connectivity index (χ1n) is 9.70. The lowest BCUT2D eigenvalue weighted by atomic mass is 10.1. The van der Waals surface area contributed by atoms with Gasteiger partial charge in [0.1, 0.15) is 5.60 Å². The van der Waals surface area contributed by atoms with Crippen LogP contribution in [0.1, 0.15) is 52.2 Å². The van der Waals surface area contributed by atoms with Crippen molar-refractivity contribution in [2.24, 2.45) is 0 Å². The first-order valence-corrected chi connectivity index (χ1v) is 11.1. The molecule has 0 saturated carbocycles. The molecule has 9 heteroatoms. The van der Waals surface area contributed by atoms with Crippen LogP contribution in [0, 0.1) is 13.8 Å². The minimum atomic E-state index is -3.64. The van der Waals surface area contributed by atoms with Crippen molar-refractivity contribution in [1.82, 2.24) is 9.62 Å². The second-order valence-electron chi connectivity index (χ2n) is 7.73. The van der Waals surface area contributed by atoms with Gasteiger partial charge in [0, 0.05) is 31.7 Å². The molecule has 1 rings (SSSR count). The molecule has 29 heavy (non-hydrogen) atoms. The highest BCUT2D eigenvalue weighted by Crippen LogP contribution is 2.26. The zero-order valence-corrected chi connectivity index (χ0v) is 19.2. The van der Waals surface area contributed by atoms with Crippen LogP contribution < -0.4 is 10.6 Å². The highest BCUT2D eigenvalue weighted by atomic mass is 32.2. The maximum atomic E-state index is 12.8. The van der Waals surface area contributed by atoms with E-state index >= 15 is 0 Å². The van der Waals surface area contributed by atoms with E-state index < -0.39 is 21.7 Å². The summed E-state index contributed by atoms with van der Waals surface area (Å²) in [5.74, 6) is -0.332. The summed E-state index contributed by atoms with van der Waals surface area (Å²) in [5, 5.41) is 5.27. The first-order chi connectivity index (χ1) is 13.3. The third kappa shape index (κ3) is 7.32. The Hall–Kier alpha value is -2.13. The van der Waals surface area contributed by atoms with Gasteiger partial charge in [0.2, 0.25) is 15.9 Å². The van der Waals surface area contributed by atoms with Gasteiger partial charge in [0.15, 0.2) is 0 Å². The van der Waals surface area contributed by atoms with Crippen molar-refractivity contribution in [3.8, 4) is 0 Å². The van der Waals surface area contributed by atoms with Crippen molar-refractivity contribution < 1.29 is 22.7 Å².